The first-order chi connectivity index (χ1) is 8.00. The first-order valence-electron chi connectivity index (χ1n) is 5.55. The predicted molar refractivity (Wildman–Crippen MR) is 65.9 cm³/mol. The van der Waals surface area contributed by atoms with Crippen molar-refractivity contribution in [3.05, 3.63) is 22.7 Å². The van der Waals surface area contributed by atoms with E-state index in [9.17, 15) is 9.59 Å². The maximum absolute atomic E-state index is 11.6. The Morgan fingerprint density at radius 2 is 2.24 bits per heavy atom. The number of amides is 1. The van der Waals surface area contributed by atoms with Crippen molar-refractivity contribution in [1.29, 1.82) is 0 Å². The van der Waals surface area contributed by atoms with Crippen LogP contribution in [-0.4, -0.2) is 28.0 Å². The Bertz CT molecular complexity index is 439. The van der Waals surface area contributed by atoms with Gasteiger partial charge in [0.1, 0.15) is 0 Å². The third-order valence-electron chi connectivity index (χ3n) is 2.11. The second kappa shape index (κ2) is 6.03. The molecule has 1 heterocycles. The number of aryl methyl sites for hydroxylation is 1. The summed E-state index contributed by atoms with van der Waals surface area (Å²) in [5, 5.41) is 5.62. The van der Waals surface area contributed by atoms with Crippen LogP contribution in [0.15, 0.2) is 17.2 Å². The zero-order chi connectivity index (χ0) is 12.8. The van der Waals surface area contributed by atoms with E-state index in [1.54, 1.807) is 13.2 Å². The van der Waals surface area contributed by atoms with Gasteiger partial charge in [-0.2, -0.15) is 0 Å². The number of carbonyl (C=O) groups excluding carboxylic acids is 1. The maximum Gasteiger partial charge on any atom is 0.293 e. The van der Waals surface area contributed by atoms with Gasteiger partial charge in [-0.1, -0.05) is 0 Å². The molecule has 1 rings (SSSR count). The minimum Gasteiger partial charge on any atom is -0.365 e. The largest absolute Gasteiger partial charge is 0.365 e. The lowest BCUT2D eigenvalue weighted by atomic mass is 10.3. The van der Waals surface area contributed by atoms with Crippen LogP contribution in [0.5, 0.6) is 0 Å². The van der Waals surface area contributed by atoms with E-state index in [1.807, 2.05) is 13.8 Å². The fourth-order valence-corrected chi connectivity index (χ4v) is 1.31. The van der Waals surface area contributed by atoms with Gasteiger partial charge >= 0.3 is 0 Å². The summed E-state index contributed by atoms with van der Waals surface area (Å²) in [6.07, 6.45) is 3.44. The highest BCUT2D eigenvalue weighted by atomic mass is 16.1. The van der Waals surface area contributed by atoms with Crippen molar-refractivity contribution in [2.45, 2.75) is 26.3 Å². The van der Waals surface area contributed by atoms with Gasteiger partial charge in [0, 0.05) is 38.4 Å². The van der Waals surface area contributed by atoms with Crippen LogP contribution in [0.3, 0.4) is 0 Å². The van der Waals surface area contributed by atoms with Crippen LogP contribution in [-0.2, 0) is 11.8 Å². The molecule has 94 valence electrons. The molecule has 0 spiro atoms. The zero-order valence-corrected chi connectivity index (χ0v) is 10.4. The Morgan fingerprint density at radius 3 is 2.88 bits per heavy atom. The predicted octanol–water partition coefficient (Wildman–Crippen LogP) is 0.107. The van der Waals surface area contributed by atoms with Gasteiger partial charge in [-0.25, -0.2) is 4.98 Å². The van der Waals surface area contributed by atoms with Crippen molar-refractivity contribution in [3.8, 4) is 0 Å². The second-order valence-corrected chi connectivity index (χ2v) is 4.09. The van der Waals surface area contributed by atoms with Crippen molar-refractivity contribution in [2.24, 2.45) is 7.05 Å². The van der Waals surface area contributed by atoms with Crippen molar-refractivity contribution in [1.82, 2.24) is 14.9 Å². The van der Waals surface area contributed by atoms with E-state index >= 15 is 0 Å². The lowest BCUT2D eigenvalue weighted by Gasteiger charge is -2.09. The molecule has 2 N–H and O–H groups in total. The van der Waals surface area contributed by atoms with E-state index in [4.69, 9.17) is 0 Å². The number of hydrogen-bond donors (Lipinski definition) is 2. The number of nitrogens with one attached hydrogen (secondary N) is 2. The van der Waals surface area contributed by atoms with E-state index in [2.05, 4.69) is 15.6 Å². The van der Waals surface area contributed by atoms with Crippen LogP contribution in [0.1, 0.15) is 20.3 Å². The number of hydrogen-bond acceptors (Lipinski definition) is 4. The van der Waals surface area contributed by atoms with E-state index in [0.29, 0.717) is 13.0 Å². The first-order valence-corrected chi connectivity index (χ1v) is 5.55. The number of carbonyl (C=O) groups is 1. The highest BCUT2D eigenvalue weighted by Gasteiger charge is 2.05. The molecule has 0 aromatic carbocycles. The Kier molecular flexibility index (Phi) is 4.68. The topological polar surface area (TPSA) is 76.0 Å². The smallest absolute Gasteiger partial charge is 0.293 e. The van der Waals surface area contributed by atoms with Crippen LogP contribution in [0.25, 0.3) is 0 Å². The molecule has 1 aromatic heterocycles. The number of nitrogens with zero attached hydrogens (tertiary/aromatic N) is 2. The highest BCUT2D eigenvalue weighted by molar-refractivity contribution is 5.76. The van der Waals surface area contributed by atoms with Gasteiger partial charge in [-0.05, 0) is 13.8 Å². The molecule has 6 heteroatoms. The number of anilines is 1. The second-order valence-electron chi connectivity index (χ2n) is 4.09. The summed E-state index contributed by atoms with van der Waals surface area (Å²) in [5.41, 5.74) is -0.197. The summed E-state index contributed by atoms with van der Waals surface area (Å²) >= 11 is 0. The van der Waals surface area contributed by atoms with Crippen molar-refractivity contribution in [3.63, 3.8) is 0 Å². The van der Waals surface area contributed by atoms with Crippen LogP contribution < -0.4 is 16.2 Å². The third kappa shape index (κ3) is 4.26. The van der Waals surface area contributed by atoms with E-state index in [-0.39, 0.29) is 23.3 Å². The molecule has 1 amide bonds. The molecule has 0 saturated heterocycles. The first kappa shape index (κ1) is 13.2. The minimum absolute atomic E-state index is 0.0414. The van der Waals surface area contributed by atoms with E-state index < -0.39 is 0 Å². The normalized spacial score (nSPS) is 10.4. The molecule has 0 fully saturated rings. The van der Waals surface area contributed by atoms with Crippen molar-refractivity contribution in [2.75, 3.05) is 11.9 Å². The lowest BCUT2D eigenvalue weighted by molar-refractivity contribution is -0.121. The highest BCUT2D eigenvalue weighted by Crippen LogP contribution is 1.92. The van der Waals surface area contributed by atoms with E-state index in [1.165, 1.54) is 10.8 Å². The Hall–Kier alpha value is -1.85. The van der Waals surface area contributed by atoms with Crippen LogP contribution in [0.4, 0.5) is 5.82 Å². The molecule has 0 radical (unpaired) electrons. The fourth-order valence-electron chi connectivity index (χ4n) is 1.31. The van der Waals surface area contributed by atoms with Gasteiger partial charge in [0.2, 0.25) is 5.91 Å². The molecule has 0 bridgehead atoms. The number of aromatic nitrogens is 2. The summed E-state index contributed by atoms with van der Waals surface area (Å²) in [4.78, 5) is 26.8. The molecular weight excluding hydrogens is 220 g/mol. The summed E-state index contributed by atoms with van der Waals surface area (Å²) in [7, 11) is 1.65. The minimum atomic E-state index is -0.197. The maximum atomic E-state index is 11.6. The standard InChI is InChI=1S/C11H18N4O2/c1-8(2)14-9(16)4-5-12-10-11(17)15(3)7-6-13-10/h6-8H,4-5H2,1-3H3,(H,12,13)(H,14,16). The molecule has 0 unspecified atom stereocenters. The van der Waals surface area contributed by atoms with Gasteiger partial charge in [0.25, 0.3) is 5.56 Å². The molecule has 0 aliphatic heterocycles. The Labute approximate surface area is 100 Å². The molecule has 1 aromatic rings. The summed E-state index contributed by atoms with van der Waals surface area (Å²) in [6.45, 7) is 4.20. The molecule has 0 saturated carbocycles. The quantitative estimate of drug-likeness (QED) is 0.763. The van der Waals surface area contributed by atoms with Gasteiger partial charge in [0.05, 0.1) is 0 Å². The Morgan fingerprint density at radius 1 is 1.53 bits per heavy atom. The third-order valence-corrected chi connectivity index (χ3v) is 2.11. The van der Waals surface area contributed by atoms with Crippen LogP contribution in [0.2, 0.25) is 0 Å². The monoisotopic (exact) mass is 238 g/mol. The molecule has 0 atom stereocenters. The lowest BCUT2D eigenvalue weighted by Crippen LogP contribution is -2.32. The Balaban J connectivity index is 2.44. The fraction of sp³-hybridized carbons (Fsp3) is 0.545. The molecular formula is C11H18N4O2. The zero-order valence-electron chi connectivity index (χ0n) is 10.4. The number of rotatable bonds is 5. The SMILES string of the molecule is CC(C)NC(=O)CCNc1nccn(C)c1=O. The van der Waals surface area contributed by atoms with Gasteiger partial charge in [0.15, 0.2) is 5.82 Å². The summed E-state index contributed by atoms with van der Waals surface area (Å²) < 4.78 is 1.43. The van der Waals surface area contributed by atoms with E-state index in [0.717, 1.165) is 0 Å². The molecule has 17 heavy (non-hydrogen) atoms. The van der Waals surface area contributed by atoms with Crippen molar-refractivity contribution >= 4 is 11.7 Å². The van der Waals surface area contributed by atoms with Crippen LogP contribution in [0, 0.1) is 0 Å². The van der Waals surface area contributed by atoms with Crippen LogP contribution >= 0.6 is 0 Å². The average Bonchev–Trinajstić information content (AvgIpc) is 2.23. The average molecular weight is 238 g/mol. The van der Waals surface area contributed by atoms with Gasteiger partial charge in [-0.3, -0.25) is 9.59 Å². The summed E-state index contributed by atoms with van der Waals surface area (Å²) in [6, 6.07) is 0.130. The molecule has 6 nitrogen and oxygen atoms in total. The summed E-state index contributed by atoms with van der Waals surface area (Å²) in [5.74, 6) is 0.229. The van der Waals surface area contributed by atoms with Gasteiger partial charge in [-0.15, -0.1) is 0 Å². The van der Waals surface area contributed by atoms with Gasteiger partial charge < -0.3 is 15.2 Å². The molecule has 0 aliphatic rings. The van der Waals surface area contributed by atoms with Crippen molar-refractivity contribution < 1.29 is 4.79 Å². The molecule has 0 aliphatic carbocycles.